The van der Waals surface area contributed by atoms with Crippen LogP contribution < -0.4 is 9.46 Å². The maximum absolute atomic E-state index is 11.5. The molecule has 1 heterocycles. The van der Waals surface area contributed by atoms with E-state index in [1.54, 1.807) is 6.92 Å². The van der Waals surface area contributed by atoms with Gasteiger partial charge in [-0.1, -0.05) is 12.1 Å². The van der Waals surface area contributed by atoms with Gasteiger partial charge in [0.25, 0.3) is 0 Å². The molecule has 20 heavy (non-hydrogen) atoms. The lowest BCUT2D eigenvalue weighted by atomic mass is 10.1. The highest BCUT2D eigenvalue weighted by Gasteiger charge is 2.12. The normalized spacial score (nSPS) is 14.3. The van der Waals surface area contributed by atoms with Crippen LogP contribution in [0.15, 0.2) is 36.5 Å². The molecule has 0 saturated heterocycles. The molecule has 0 aliphatic rings. The van der Waals surface area contributed by atoms with Crippen molar-refractivity contribution in [3.8, 4) is 0 Å². The lowest BCUT2D eigenvalue weighted by Gasteiger charge is -2.21. The average Bonchev–Trinajstić information content (AvgIpc) is 2.41. The predicted molar refractivity (Wildman–Crippen MR) is 77.6 cm³/mol. The molecule has 0 aliphatic carbocycles. The first-order valence-corrected chi connectivity index (χ1v) is 8.59. The molecule has 1 unspecified atom stereocenters. The number of hydrogen-bond acceptors (Lipinski definition) is 3. The molecule has 0 aliphatic heterocycles. The van der Waals surface area contributed by atoms with Crippen molar-refractivity contribution >= 4 is 18.5 Å². The molecule has 108 valence electrons. The van der Waals surface area contributed by atoms with Crippen molar-refractivity contribution in [3.05, 3.63) is 42.1 Å². The maximum atomic E-state index is 11.5. The van der Waals surface area contributed by atoms with Crippen LogP contribution in [-0.2, 0) is 15.6 Å². The highest BCUT2D eigenvalue weighted by Crippen LogP contribution is 2.36. The zero-order valence-corrected chi connectivity index (χ0v) is 12.8. The van der Waals surface area contributed by atoms with Crippen LogP contribution in [-0.4, -0.2) is 12.8 Å². The monoisotopic (exact) mass is 293 g/mol. The number of aryl methyl sites for hydroxylation is 2. The summed E-state index contributed by atoms with van der Waals surface area (Å²) in [7, 11) is -3.66. The minimum atomic E-state index is -3.66. The fourth-order valence-electron chi connectivity index (χ4n) is 2.32. The summed E-state index contributed by atoms with van der Waals surface area (Å²) < 4.78 is 18.4. The fraction of sp³-hybridized carbons (Fsp3) is 0.400. The topological polar surface area (TPSA) is 53.2 Å². The molecular formula is C15H20NO3P. The molecule has 0 radical (unpaired) electrons. The van der Waals surface area contributed by atoms with Crippen molar-refractivity contribution in [2.75, 3.05) is 12.8 Å². The van der Waals surface area contributed by atoms with E-state index in [0.29, 0.717) is 13.0 Å². The number of fused-ring (bicyclic) bond motifs is 1. The van der Waals surface area contributed by atoms with Crippen LogP contribution in [0.1, 0.15) is 18.9 Å². The second-order valence-electron chi connectivity index (χ2n) is 4.82. The summed E-state index contributed by atoms with van der Waals surface area (Å²) in [5.74, 6) is 0. The second kappa shape index (κ2) is 6.49. The Labute approximate surface area is 119 Å². The van der Waals surface area contributed by atoms with E-state index in [-0.39, 0.29) is 12.8 Å². The highest BCUT2D eigenvalue weighted by atomic mass is 31.2. The summed E-state index contributed by atoms with van der Waals surface area (Å²) in [6.07, 6.45) is 2.64. The summed E-state index contributed by atoms with van der Waals surface area (Å²) in [6, 6.07) is 10.2. The van der Waals surface area contributed by atoms with Crippen LogP contribution in [0.25, 0.3) is 10.9 Å². The number of benzene rings is 1. The summed E-state index contributed by atoms with van der Waals surface area (Å²) in [4.78, 5) is 11.5. The minimum Gasteiger partial charge on any atom is -0.778 e. The van der Waals surface area contributed by atoms with Crippen molar-refractivity contribution in [1.82, 2.24) is 0 Å². The van der Waals surface area contributed by atoms with Crippen LogP contribution in [0.5, 0.6) is 0 Å². The van der Waals surface area contributed by atoms with E-state index in [1.807, 2.05) is 18.3 Å². The van der Waals surface area contributed by atoms with Crippen LogP contribution >= 0.6 is 7.60 Å². The van der Waals surface area contributed by atoms with E-state index in [1.165, 1.54) is 10.9 Å². The molecule has 0 amide bonds. The van der Waals surface area contributed by atoms with Gasteiger partial charge < -0.3 is 14.0 Å². The number of rotatable bonds is 6. The van der Waals surface area contributed by atoms with Gasteiger partial charge in [0.05, 0.1) is 6.61 Å². The van der Waals surface area contributed by atoms with Crippen LogP contribution in [0.2, 0.25) is 0 Å². The number of pyridine rings is 1. The zero-order chi connectivity index (χ0) is 14.6. The van der Waals surface area contributed by atoms with Gasteiger partial charge in [-0.05, 0) is 25.5 Å². The van der Waals surface area contributed by atoms with Gasteiger partial charge in [0.1, 0.15) is 14.1 Å². The van der Waals surface area contributed by atoms with Crippen molar-refractivity contribution in [2.45, 2.75) is 26.8 Å². The maximum Gasteiger partial charge on any atom is 0.212 e. The first kappa shape index (κ1) is 15.2. The summed E-state index contributed by atoms with van der Waals surface area (Å²) in [6.45, 7) is 4.64. The number of para-hydroxylation sites is 1. The Kier molecular flexibility index (Phi) is 4.92. The van der Waals surface area contributed by atoms with Crippen molar-refractivity contribution < 1.29 is 18.5 Å². The van der Waals surface area contributed by atoms with Gasteiger partial charge in [0.15, 0.2) is 6.20 Å². The number of nitrogens with zero attached hydrogens (tertiary/aromatic N) is 1. The molecule has 0 saturated carbocycles. The van der Waals surface area contributed by atoms with Crippen molar-refractivity contribution in [1.29, 1.82) is 0 Å². The van der Waals surface area contributed by atoms with Gasteiger partial charge >= 0.3 is 0 Å². The number of aromatic nitrogens is 1. The Bertz CT molecular complexity index is 642. The van der Waals surface area contributed by atoms with Gasteiger partial charge in [-0.2, -0.15) is 4.57 Å². The molecular weight excluding hydrogens is 273 g/mol. The molecule has 0 N–H and O–H groups in total. The predicted octanol–water partition coefficient (Wildman–Crippen LogP) is 2.42. The summed E-state index contributed by atoms with van der Waals surface area (Å²) in [5.41, 5.74) is 2.35. The Hall–Kier alpha value is -1.22. The third-order valence-corrected chi connectivity index (χ3v) is 4.82. The molecule has 2 rings (SSSR count). The highest BCUT2D eigenvalue weighted by molar-refractivity contribution is 7.51. The third kappa shape index (κ3) is 3.66. The molecule has 1 aromatic heterocycles. The van der Waals surface area contributed by atoms with Gasteiger partial charge in [-0.25, -0.2) is 0 Å². The molecule has 4 nitrogen and oxygen atoms in total. The van der Waals surface area contributed by atoms with Crippen molar-refractivity contribution in [3.63, 3.8) is 0 Å². The SMILES string of the molecule is CCOP(=O)([O-])CCC[n+]1ccc(C)c2ccccc21. The van der Waals surface area contributed by atoms with E-state index < -0.39 is 7.60 Å². The van der Waals surface area contributed by atoms with Crippen molar-refractivity contribution in [2.24, 2.45) is 0 Å². The summed E-state index contributed by atoms with van der Waals surface area (Å²) in [5, 5.41) is 1.20. The average molecular weight is 293 g/mol. The first-order chi connectivity index (χ1) is 9.53. The van der Waals surface area contributed by atoms with Gasteiger partial charge in [0, 0.05) is 30.1 Å². The standard InChI is InChI=1S/C15H20NO3P/c1-3-19-20(17,18)12-6-10-16-11-9-13(2)14-7-4-5-8-15(14)16/h4-5,7-9,11H,3,6,10,12H2,1-2H3. The smallest absolute Gasteiger partial charge is 0.212 e. The largest absolute Gasteiger partial charge is 0.778 e. The lowest BCUT2D eigenvalue weighted by Crippen LogP contribution is -2.35. The second-order valence-corrected chi connectivity index (χ2v) is 6.74. The van der Waals surface area contributed by atoms with Gasteiger partial charge in [0.2, 0.25) is 5.52 Å². The molecule has 1 atom stereocenters. The Morgan fingerprint density at radius 1 is 1.30 bits per heavy atom. The quantitative estimate of drug-likeness (QED) is 0.607. The molecule has 0 fully saturated rings. The van der Waals surface area contributed by atoms with E-state index in [2.05, 4.69) is 29.7 Å². The fourth-order valence-corrected chi connectivity index (χ4v) is 3.37. The lowest BCUT2D eigenvalue weighted by molar-refractivity contribution is -0.671. The van der Waals surface area contributed by atoms with E-state index >= 15 is 0 Å². The van der Waals surface area contributed by atoms with E-state index in [4.69, 9.17) is 4.52 Å². The molecule has 0 bridgehead atoms. The van der Waals surface area contributed by atoms with E-state index in [9.17, 15) is 9.46 Å². The zero-order valence-electron chi connectivity index (χ0n) is 11.9. The third-order valence-electron chi connectivity index (χ3n) is 3.30. The Morgan fingerprint density at radius 3 is 2.80 bits per heavy atom. The Morgan fingerprint density at radius 2 is 2.05 bits per heavy atom. The Balaban J connectivity index is 2.11. The number of hydrogen-bond donors (Lipinski definition) is 0. The first-order valence-electron chi connectivity index (χ1n) is 6.86. The van der Waals surface area contributed by atoms with Crippen LogP contribution in [0.4, 0.5) is 0 Å². The molecule has 1 aromatic carbocycles. The molecule has 5 heteroatoms. The molecule has 0 spiro atoms. The van der Waals surface area contributed by atoms with Crippen LogP contribution in [0.3, 0.4) is 0 Å². The van der Waals surface area contributed by atoms with E-state index in [0.717, 1.165) is 5.52 Å². The van der Waals surface area contributed by atoms with Crippen LogP contribution in [0, 0.1) is 6.92 Å². The molecule has 2 aromatic rings. The summed E-state index contributed by atoms with van der Waals surface area (Å²) >= 11 is 0. The minimum absolute atomic E-state index is 0.0794. The van der Waals surface area contributed by atoms with Gasteiger partial charge in [-0.15, -0.1) is 0 Å². The van der Waals surface area contributed by atoms with Gasteiger partial charge in [-0.3, -0.25) is 0 Å².